The molecule has 3 N–H and O–H groups in total. The fraction of sp³-hybridized carbons (Fsp3) is 0.345. The zero-order valence-corrected chi connectivity index (χ0v) is 23.7. The van der Waals surface area contributed by atoms with Crippen LogP contribution in [0.4, 0.5) is 20.7 Å². The Bertz CT molecular complexity index is 1400. The highest BCUT2D eigenvalue weighted by molar-refractivity contribution is 7.80. The van der Waals surface area contributed by atoms with Gasteiger partial charge in [-0.2, -0.15) is 0 Å². The van der Waals surface area contributed by atoms with Crippen molar-refractivity contribution in [3.8, 4) is 11.6 Å². The number of hydrogen-bond donors (Lipinski definition) is 3. The molecule has 0 radical (unpaired) electrons. The molecule has 2 aliphatic rings. The standard InChI is InChI=1S/C29H32FN7O4S/c30-23-16-22(33-28(42)35-26(38)15-20-5-2-1-3-6-20)7-8-24(23)40-27-17-25(31-19-32-27)34-29(39)41-37-13-9-21(10-14-37)18-36-11-4-12-36/h1-3,5-8,16-17,19,21H,4,9-15,18H2,(H,31,32,34,39)(H2,33,35,38,42). The maximum absolute atomic E-state index is 14.8. The van der Waals surface area contributed by atoms with Crippen LogP contribution < -0.4 is 20.7 Å². The van der Waals surface area contributed by atoms with Gasteiger partial charge < -0.3 is 25.1 Å². The third-order valence-corrected chi connectivity index (χ3v) is 7.19. The van der Waals surface area contributed by atoms with Crippen LogP contribution in [0.1, 0.15) is 24.8 Å². The first kappa shape index (κ1) is 29.3. The Morgan fingerprint density at radius 1 is 1.00 bits per heavy atom. The number of ether oxygens (including phenoxy) is 1. The van der Waals surface area contributed by atoms with Crippen LogP contribution >= 0.6 is 12.2 Å². The monoisotopic (exact) mass is 593 g/mol. The first-order chi connectivity index (χ1) is 20.4. The molecule has 0 aliphatic carbocycles. The molecule has 3 heterocycles. The number of hydroxylamine groups is 2. The summed E-state index contributed by atoms with van der Waals surface area (Å²) in [7, 11) is 0. The zero-order chi connectivity index (χ0) is 29.3. The molecular formula is C29H32FN7O4S. The number of piperidine rings is 1. The van der Waals surface area contributed by atoms with E-state index in [0.29, 0.717) is 24.7 Å². The molecule has 0 bridgehead atoms. The largest absolute Gasteiger partial charge is 0.436 e. The summed E-state index contributed by atoms with van der Waals surface area (Å²) in [6, 6.07) is 14.7. The first-order valence-electron chi connectivity index (χ1n) is 13.8. The third-order valence-electron chi connectivity index (χ3n) is 6.99. The topological polar surface area (TPSA) is 121 Å². The summed E-state index contributed by atoms with van der Waals surface area (Å²) in [6.07, 6.45) is 3.91. The van der Waals surface area contributed by atoms with Crippen LogP contribution in [0, 0.1) is 11.7 Å². The number of carbonyl (C=O) groups is 2. The number of aromatic nitrogens is 2. The van der Waals surface area contributed by atoms with Gasteiger partial charge in [-0.1, -0.05) is 30.3 Å². The Morgan fingerprint density at radius 3 is 2.50 bits per heavy atom. The maximum Gasteiger partial charge on any atom is 0.431 e. The fourth-order valence-electron chi connectivity index (χ4n) is 4.71. The van der Waals surface area contributed by atoms with Crippen LogP contribution in [-0.2, 0) is 16.1 Å². The number of nitrogens with one attached hydrogen (secondary N) is 3. The second kappa shape index (κ2) is 14.1. The van der Waals surface area contributed by atoms with E-state index < -0.39 is 11.9 Å². The molecule has 2 fully saturated rings. The molecule has 0 saturated carbocycles. The Kier molecular flexibility index (Phi) is 9.85. The van der Waals surface area contributed by atoms with Crippen molar-refractivity contribution in [2.75, 3.05) is 43.4 Å². The predicted molar refractivity (Wildman–Crippen MR) is 158 cm³/mol. The van der Waals surface area contributed by atoms with Crippen LogP contribution in [0.3, 0.4) is 0 Å². The smallest absolute Gasteiger partial charge is 0.431 e. The molecule has 5 rings (SSSR count). The van der Waals surface area contributed by atoms with Gasteiger partial charge in [0, 0.05) is 37.5 Å². The zero-order valence-electron chi connectivity index (χ0n) is 22.9. The van der Waals surface area contributed by atoms with Gasteiger partial charge in [0.1, 0.15) is 12.1 Å². The number of benzene rings is 2. The molecule has 2 aromatic carbocycles. The second-order valence-electron chi connectivity index (χ2n) is 10.2. The number of halogens is 1. The number of hydrogen-bond acceptors (Lipinski definition) is 9. The maximum atomic E-state index is 14.8. The number of rotatable bonds is 9. The molecule has 0 spiro atoms. The van der Waals surface area contributed by atoms with Crippen molar-refractivity contribution >= 4 is 40.8 Å². The summed E-state index contributed by atoms with van der Waals surface area (Å²) >= 11 is 5.17. The van der Waals surface area contributed by atoms with Crippen molar-refractivity contribution in [1.29, 1.82) is 0 Å². The van der Waals surface area contributed by atoms with Gasteiger partial charge in [0.05, 0.1) is 6.42 Å². The summed E-state index contributed by atoms with van der Waals surface area (Å²) < 4.78 is 20.4. The highest BCUT2D eigenvalue weighted by Gasteiger charge is 2.25. The van der Waals surface area contributed by atoms with Gasteiger partial charge in [-0.3, -0.25) is 10.1 Å². The summed E-state index contributed by atoms with van der Waals surface area (Å²) in [5, 5.41) is 9.61. The SMILES string of the molecule is O=C(Cc1ccccc1)NC(=S)Nc1ccc(Oc2cc(NC(=O)ON3CCC(CN4CCC4)CC3)ncn2)c(F)c1. The van der Waals surface area contributed by atoms with Crippen molar-refractivity contribution in [2.45, 2.75) is 25.7 Å². The van der Waals surface area contributed by atoms with Crippen LogP contribution in [-0.4, -0.2) is 69.8 Å². The Hall–Kier alpha value is -4.20. The highest BCUT2D eigenvalue weighted by atomic mass is 32.1. The quantitative estimate of drug-likeness (QED) is 0.309. The molecule has 0 atom stereocenters. The van der Waals surface area contributed by atoms with Crippen LogP contribution in [0.2, 0.25) is 0 Å². The van der Waals surface area contributed by atoms with Gasteiger partial charge in [-0.05, 0) is 68.2 Å². The molecule has 42 heavy (non-hydrogen) atoms. The highest BCUT2D eigenvalue weighted by Crippen LogP contribution is 2.27. The van der Waals surface area contributed by atoms with E-state index in [2.05, 4.69) is 30.8 Å². The average molecular weight is 594 g/mol. The lowest BCUT2D eigenvalue weighted by atomic mass is 9.96. The van der Waals surface area contributed by atoms with Crippen molar-refractivity contribution < 1.29 is 23.6 Å². The number of nitrogens with zero attached hydrogens (tertiary/aromatic N) is 4. The number of amides is 2. The van der Waals surface area contributed by atoms with E-state index in [1.54, 1.807) is 11.1 Å². The fourth-order valence-corrected chi connectivity index (χ4v) is 4.94. The number of likely N-dealkylation sites (tertiary alicyclic amines) is 1. The summed E-state index contributed by atoms with van der Waals surface area (Å²) in [6.45, 7) is 4.84. The van der Waals surface area contributed by atoms with Crippen LogP contribution in [0.15, 0.2) is 60.9 Å². The summed E-state index contributed by atoms with van der Waals surface area (Å²) in [5.41, 5.74) is 1.17. The van der Waals surface area contributed by atoms with Crippen LogP contribution in [0.25, 0.3) is 0 Å². The number of thiocarbonyl (C=S) groups is 1. The first-order valence-corrected chi connectivity index (χ1v) is 14.2. The number of anilines is 2. The van der Waals surface area contributed by atoms with E-state index in [1.807, 2.05) is 30.3 Å². The van der Waals surface area contributed by atoms with E-state index in [-0.39, 0.29) is 34.9 Å². The second-order valence-corrected chi connectivity index (χ2v) is 10.6. The minimum absolute atomic E-state index is 0.0235. The predicted octanol–water partition coefficient (Wildman–Crippen LogP) is 4.34. The third kappa shape index (κ3) is 8.65. The van der Waals surface area contributed by atoms with Gasteiger partial charge >= 0.3 is 6.09 Å². The van der Waals surface area contributed by atoms with E-state index in [4.69, 9.17) is 21.8 Å². The molecule has 220 valence electrons. The lowest BCUT2D eigenvalue weighted by Gasteiger charge is -2.37. The molecular weight excluding hydrogens is 561 g/mol. The Balaban J connectivity index is 1.07. The lowest BCUT2D eigenvalue weighted by Crippen LogP contribution is -2.44. The van der Waals surface area contributed by atoms with E-state index in [0.717, 1.165) is 24.9 Å². The van der Waals surface area contributed by atoms with Gasteiger partial charge in [-0.25, -0.2) is 19.2 Å². The molecule has 0 unspecified atom stereocenters. The van der Waals surface area contributed by atoms with Gasteiger partial charge in [0.25, 0.3) is 0 Å². The molecule has 1 aromatic heterocycles. The Labute approximate surface area is 248 Å². The Morgan fingerprint density at radius 2 is 1.79 bits per heavy atom. The van der Waals surface area contributed by atoms with E-state index in [1.165, 1.54) is 44.0 Å². The van der Waals surface area contributed by atoms with Gasteiger partial charge in [-0.15, -0.1) is 5.06 Å². The van der Waals surface area contributed by atoms with Crippen LogP contribution in [0.5, 0.6) is 11.6 Å². The lowest BCUT2D eigenvalue weighted by molar-refractivity contribution is -0.119. The van der Waals surface area contributed by atoms with Gasteiger partial charge in [0.15, 0.2) is 16.7 Å². The minimum Gasteiger partial charge on any atom is -0.436 e. The van der Waals surface area contributed by atoms with Crippen molar-refractivity contribution in [2.24, 2.45) is 5.92 Å². The number of carbonyl (C=O) groups excluding carboxylic acids is 2. The summed E-state index contributed by atoms with van der Waals surface area (Å²) in [5.74, 6) is -0.291. The molecule has 13 heteroatoms. The van der Waals surface area contributed by atoms with Crippen molar-refractivity contribution in [1.82, 2.24) is 25.2 Å². The van der Waals surface area contributed by atoms with Crippen molar-refractivity contribution in [3.05, 3.63) is 72.3 Å². The molecule has 2 amide bonds. The molecule has 11 nitrogen and oxygen atoms in total. The summed E-state index contributed by atoms with van der Waals surface area (Å²) in [4.78, 5) is 40.5. The van der Waals surface area contributed by atoms with E-state index >= 15 is 0 Å². The van der Waals surface area contributed by atoms with E-state index in [9.17, 15) is 14.0 Å². The average Bonchev–Trinajstić information content (AvgIpc) is 2.94. The molecule has 2 aliphatic heterocycles. The molecule has 2 saturated heterocycles. The minimum atomic E-state index is -0.691. The van der Waals surface area contributed by atoms with Gasteiger partial charge in [0.2, 0.25) is 11.8 Å². The van der Waals surface area contributed by atoms with Crippen molar-refractivity contribution in [3.63, 3.8) is 0 Å². The normalized spacial score (nSPS) is 15.7. The molecule has 3 aromatic rings.